The number of furan rings is 1. The largest absolute Gasteiger partial charge is 0.484 e. The first-order valence-electron chi connectivity index (χ1n) is 6.79. The molecule has 4 heteroatoms. The molecule has 0 saturated heterocycles. The highest BCUT2D eigenvalue weighted by Crippen LogP contribution is 2.28. The van der Waals surface area contributed by atoms with E-state index in [0.717, 1.165) is 35.3 Å². The van der Waals surface area contributed by atoms with Gasteiger partial charge in [0.2, 0.25) is 0 Å². The van der Waals surface area contributed by atoms with Gasteiger partial charge < -0.3 is 14.5 Å². The van der Waals surface area contributed by atoms with Crippen LogP contribution in [0.25, 0.3) is 0 Å². The van der Waals surface area contributed by atoms with Crippen molar-refractivity contribution >= 4 is 11.8 Å². The van der Waals surface area contributed by atoms with E-state index in [2.05, 4.69) is 24.4 Å². The van der Waals surface area contributed by atoms with Gasteiger partial charge in [-0.1, -0.05) is 19.1 Å². The van der Waals surface area contributed by atoms with Gasteiger partial charge in [-0.25, -0.2) is 0 Å². The van der Waals surface area contributed by atoms with Gasteiger partial charge in [0.15, 0.2) is 0 Å². The van der Waals surface area contributed by atoms with E-state index in [0.29, 0.717) is 6.61 Å². The summed E-state index contributed by atoms with van der Waals surface area (Å²) in [4.78, 5) is 1.14. The minimum Gasteiger partial charge on any atom is -0.484 e. The van der Waals surface area contributed by atoms with Crippen LogP contribution in [0.1, 0.15) is 24.0 Å². The fraction of sp³-hybridized carbons (Fsp3) is 0.375. The quantitative estimate of drug-likeness (QED) is 0.782. The molecule has 2 rings (SSSR count). The molecule has 1 N–H and O–H groups in total. The Balaban J connectivity index is 2.00. The predicted molar refractivity (Wildman–Crippen MR) is 83.4 cm³/mol. The number of benzene rings is 1. The van der Waals surface area contributed by atoms with Crippen molar-refractivity contribution in [3.8, 4) is 5.75 Å². The molecular formula is C16H21NO2S. The first-order valence-corrected chi connectivity index (χ1v) is 8.01. The fourth-order valence-electron chi connectivity index (χ4n) is 1.98. The maximum absolute atomic E-state index is 5.85. The van der Waals surface area contributed by atoms with Gasteiger partial charge >= 0.3 is 0 Å². The topological polar surface area (TPSA) is 34.4 Å². The monoisotopic (exact) mass is 291 g/mol. The van der Waals surface area contributed by atoms with E-state index in [1.54, 1.807) is 11.8 Å². The molecule has 108 valence electrons. The Bertz CT molecular complexity index is 551. The van der Waals surface area contributed by atoms with Crippen molar-refractivity contribution in [2.24, 2.45) is 0 Å². The average molecular weight is 291 g/mol. The maximum atomic E-state index is 5.85. The molecule has 0 bridgehead atoms. The van der Waals surface area contributed by atoms with Crippen molar-refractivity contribution in [1.82, 2.24) is 5.32 Å². The Morgan fingerprint density at radius 3 is 2.85 bits per heavy atom. The summed E-state index contributed by atoms with van der Waals surface area (Å²) in [5.41, 5.74) is 1.20. The van der Waals surface area contributed by atoms with Crippen molar-refractivity contribution in [3.63, 3.8) is 0 Å². The summed E-state index contributed by atoms with van der Waals surface area (Å²) in [5.74, 6) is 2.73. The molecule has 0 spiro atoms. The molecule has 0 saturated carbocycles. The second kappa shape index (κ2) is 7.41. The van der Waals surface area contributed by atoms with Gasteiger partial charge in [-0.05, 0) is 37.9 Å². The Hall–Kier alpha value is -1.39. The number of thioether (sulfide) groups is 1. The zero-order valence-corrected chi connectivity index (χ0v) is 13.0. The van der Waals surface area contributed by atoms with Crippen LogP contribution in [0.4, 0.5) is 0 Å². The molecule has 1 heterocycles. The molecular weight excluding hydrogens is 270 g/mol. The number of hydrogen-bond donors (Lipinski definition) is 1. The smallest absolute Gasteiger partial charge is 0.146 e. The van der Waals surface area contributed by atoms with E-state index < -0.39 is 0 Å². The second-order valence-corrected chi connectivity index (χ2v) is 5.36. The Kier molecular flexibility index (Phi) is 5.56. The third-order valence-electron chi connectivity index (χ3n) is 3.08. The molecule has 1 aromatic carbocycles. The lowest BCUT2D eigenvalue weighted by Gasteiger charge is -2.08. The predicted octanol–water partition coefficient (Wildman–Crippen LogP) is 4.00. The molecule has 1 aromatic heterocycles. The van der Waals surface area contributed by atoms with E-state index in [9.17, 15) is 0 Å². The van der Waals surface area contributed by atoms with Gasteiger partial charge in [0, 0.05) is 17.0 Å². The van der Waals surface area contributed by atoms with Crippen molar-refractivity contribution in [2.75, 3.05) is 12.8 Å². The summed E-state index contributed by atoms with van der Waals surface area (Å²) in [6, 6.07) is 10.1. The van der Waals surface area contributed by atoms with Crippen LogP contribution in [-0.4, -0.2) is 12.8 Å². The highest BCUT2D eigenvalue weighted by molar-refractivity contribution is 7.98. The lowest BCUT2D eigenvalue weighted by atomic mass is 10.2. The summed E-state index contributed by atoms with van der Waals surface area (Å²) < 4.78 is 11.6. The van der Waals surface area contributed by atoms with Crippen molar-refractivity contribution in [3.05, 3.63) is 47.4 Å². The van der Waals surface area contributed by atoms with Crippen LogP contribution in [-0.2, 0) is 13.2 Å². The zero-order valence-electron chi connectivity index (χ0n) is 12.2. The highest BCUT2D eigenvalue weighted by atomic mass is 32.2. The van der Waals surface area contributed by atoms with Crippen LogP contribution in [0.15, 0.2) is 39.6 Å². The summed E-state index contributed by atoms with van der Waals surface area (Å²) in [5, 5.41) is 3.31. The van der Waals surface area contributed by atoms with Crippen LogP contribution in [0.3, 0.4) is 0 Å². The summed E-state index contributed by atoms with van der Waals surface area (Å²) in [6.45, 7) is 6.35. The Morgan fingerprint density at radius 2 is 2.10 bits per heavy atom. The molecule has 0 atom stereocenters. The second-order valence-electron chi connectivity index (χ2n) is 4.51. The molecule has 0 fully saturated rings. The van der Waals surface area contributed by atoms with Crippen molar-refractivity contribution < 1.29 is 9.15 Å². The molecule has 0 amide bonds. The van der Waals surface area contributed by atoms with E-state index in [1.165, 1.54) is 5.56 Å². The standard InChI is InChI=1S/C16H21NO2S/c1-4-17-10-13-9-14(19-12(13)2)11-18-15-7-5-6-8-16(15)20-3/h5-9,17H,4,10-11H2,1-3H3. The first kappa shape index (κ1) is 15.0. The van der Waals surface area contributed by atoms with Gasteiger partial charge in [-0.2, -0.15) is 0 Å². The number of aryl methyl sites for hydroxylation is 1. The molecule has 0 aliphatic rings. The molecule has 0 aliphatic carbocycles. The molecule has 20 heavy (non-hydrogen) atoms. The summed E-state index contributed by atoms with van der Waals surface area (Å²) in [7, 11) is 0. The van der Waals surface area contributed by atoms with Crippen molar-refractivity contribution in [1.29, 1.82) is 0 Å². The lowest BCUT2D eigenvalue weighted by Crippen LogP contribution is -2.11. The molecule has 0 radical (unpaired) electrons. The molecule has 3 nitrogen and oxygen atoms in total. The lowest BCUT2D eigenvalue weighted by molar-refractivity contribution is 0.262. The molecule has 0 aliphatic heterocycles. The summed E-state index contributed by atoms with van der Waals surface area (Å²) in [6.07, 6.45) is 2.05. The van der Waals surface area contributed by atoms with Crippen LogP contribution >= 0.6 is 11.8 Å². The minimum atomic E-state index is 0.463. The van der Waals surface area contributed by atoms with Crippen LogP contribution in [0, 0.1) is 6.92 Å². The zero-order chi connectivity index (χ0) is 14.4. The van der Waals surface area contributed by atoms with Gasteiger partial charge in [-0.15, -0.1) is 11.8 Å². The fourth-order valence-corrected chi connectivity index (χ4v) is 2.52. The number of nitrogens with one attached hydrogen (secondary N) is 1. The first-order chi connectivity index (χ1) is 9.74. The van der Waals surface area contributed by atoms with Gasteiger partial charge in [-0.3, -0.25) is 0 Å². The third kappa shape index (κ3) is 3.81. The van der Waals surface area contributed by atoms with Crippen LogP contribution in [0.5, 0.6) is 5.75 Å². The van der Waals surface area contributed by atoms with E-state index in [-0.39, 0.29) is 0 Å². The van der Waals surface area contributed by atoms with Gasteiger partial charge in [0.05, 0.1) is 0 Å². The Morgan fingerprint density at radius 1 is 1.30 bits per heavy atom. The normalized spacial score (nSPS) is 10.8. The SMILES string of the molecule is CCNCc1cc(COc2ccccc2SC)oc1C. The van der Waals surface area contributed by atoms with Gasteiger partial charge in [0.1, 0.15) is 23.9 Å². The minimum absolute atomic E-state index is 0.463. The number of ether oxygens (including phenoxy) is 1. The average Bonchev–Trinajstić information content (AvgIpc) is 2.83. The number of hydrogen-bond acceptors (Lipinski definition) is 4. The maximum Gasteiger partial charge on any atom is 0.146 e. The van der Waals surface area contributed by atoms with E-state index in [4.69, 9.17) is 9.15 Å². The third-order valence-corrected chi connectivity index (χ3v) is 3.85. The summed E-state index contributed by atoms with van der Waals surface area (Å²) >= 11 is 1.68. The highest BCUT2D eigenvalue weighted by Gasteiger charge is 2.08. The van der Waals surface area contributed by atoms with Crippen LogP contribution < -0.4 is 10.1 Å². The van der Waals surface area contributed by atoms with E-state index >= 15 is 0 Å². The molecule has 2 aromatic rings. The van der Waals surface area contributed by atoms with Gasteiger partial charge in [0.25, 0.3) is 0 Å². The van der Waals surface area contributed by atoms with Crippen molar-refractivity contribution in [2.45, 2.75) is 31.9 Å². The van der Waals surface area contributed by atoms with E-state index in [1.807, 2.05) is 31.4 Å². The number of para-hydroxylation sites is 1. The number of rotatable bonds is 7. The Labute approximate surface area is 124 Å². The van der Waals surface area contributed by atoms with Crippen LogP contribution in [0.2, 0.25) is 0 Å². The molecule has 0 unspecified atom stereocenters.